The van der Waals surface area contributed by atoms with Crippen molar-refractivity contribution in [2.24, 2.45) is 5.92 Å². The van der Waals surface area contributed by atoms with E-state index in [2.05, 4.69) is 9.97 Å². The number of ether oxygens (including phenoxy) is 1. The highest BCUT2D eigenvalue weighted by Gasteiger charge is 2.47. The molecule has 0 unspecified atom stereocenters. The number of benzene rings is 1. The lowest BCUT2D eigenvalue weighted by Gasteiger charge is -2.29. The lowest BCUT2D eigenvalue weighted by atomic mass is 10.1. The number of pyridine rings is 2. The summed E-state index contributed by atoms with van der Waals surface area (Å²) in [7, 11) is -4.52. The Morgan fingerprint density at radius 3 is 2.60 bits per heavy atom. The highest BCUT2D eigenvalue weighted by atomic mass is 32.2. The van der Waals surface area contributed by atoms with Crippen LogP contribution in [0.15, 0.2) is 53.6 Å². The van der Waals surface area contributed by atoms with Crippen LogP contribution >= 0.6 is 0 Å². The zero-order valence-corrected chi connectivity index (χ0v) is 22.4. The molecule has 214 valence electrons. The topological polar surface area (TPSA) is 128 Å². The Hall–Kier alpha value is -3.94. The van der Waals surface area contributed by atoms with Crippen molar-refractivity contribution >= 4 is 27.6 Å². The lowest BCUT2D eigenvalue weighted by molar-refractivity contribution is -0.146. The first kappa shape index (κ1) is 29.1. The Morgan fingerprint density at radius 2 is 1.93 bits per heavy atom. The van der Waals surface area contributed by atoms with E-state index in [1.54, 1.807) is 0 Å². The van der Waals surface area contributed by atoms with Crippen molar-refractivity contribution in [3.63, 3.8) is 0 Å². The first-order valence-corrected chi connectivity index (χ1v) is 13.8. The molecule has 0 radical (unpaired) electrons. The maximum absolute atomic E-state index is 14.4. The van der Waals surface area contributed by atoms with Crippen LogP contribution in [0.4, 0.5) is 29.2 Å². The number of nitrogens with one attached hydrogen (secondary N) is 1. The third kappa shape index (κ3) is 6.61. The van der Waals surface area contributed by atoms with E-state index in [0.29, 0.717) is 6.61 Å². The first-order chi connectivity index (χ1) is 18.7. The quantitative estimate of drug-likeness (QED) is 0.371. The second-order valence-corrected chi connectivity index (χ2v) is 11.3. The first-order valence-electron chi connectivity index (χ1n) is 12.3. The van der Waals surface area contributed by atoms with Gasteiger partial charge in [0.15, 0.2) is 5.03 Å². The molecule has 3 aromatic rings. The third-order valence-corrected chi connectivity index (χ3v) is 7.25. The molecule has 1 fully saturated rings. The summed E-state index contributed by atoms with van der Waals surface area (Å²) in [6.45, 7) is 4.04. The summed E-state index contributed by atoms with van der Waals surface area (Å²) < 4.78 is 89.1. The summed E-state index contributed by atoms with van der Waals surface area (Å²) in [5.41, 5.74) is 5.39. The fourth-order valence-electron chi connectivity index (χ4n) is 4.23. The second kappa shape index (κ2) is 11.3. The highest BCUT2D eigenvalue weighted by molar-refractivity contribution is 7.90. The van der Waals surface area contributed by atoms with Gasteiger partial charge in [-0.3, -0.25) is 4.79 Å². The Labute approximate surface area is 228 Å². The van der Waals surface area contributed by atoms with Gasteiger partial charge in [-0.25, -0.2) is 19.1 Å². The number of alkyl halides is 3. The van der Waals surface area contributed by atoms with E-state index in [0.717, 1.165) is 23.1 Å². The average molecular weight is 582 g/mol. The molecule has 1 saturated heterocycles. The van der Waals surface area contributed by atoms with Crippen molar-refractivity contribution in [3.8, 4) is 17.0 Å². The molecule has 1 atom stereocenters. The molecule has 14 heteroatoms. The third-order valence-electron chi connectivity index (χ3n) is 6.02. The van der Waals surface area contributed by atoms with Gasteiger partial charge < -0.3 is 15.4 Å². The Bertz CT molecular complexity index is 1520. The minimum Gasteiger partial charge on any atom is -0.493 e. The Balaban J connectivity index is 1.77. The Morgan fingerprint density at radius 1 is 1.18 bits per heavy atom. The molecule has 1 amide bonds. The highest BCUT2D eigenvalue weighted by Crippen LogP contribution is 2.38. The number of nitrogen functional groups attached to an aromatic ring is 1. The Kier molecular flexibility index (Phi) is 8.19. The van der Waals surface area contributed by atoms with E-state index in [4.69, 9.17) is 10.5 Å². The zero-order valence-electron chi connectivity index (χ0n) is 21.6. The van der Waals surface area contributed by atoms with Gasteiger partial charge in [0.1, 0.15) is 29.2 Å². The number of aromatic nitrogens is 2. The van der Waals surface area contributed by atoms with Gasteiger partial charge >= 0.3 is 6.18 Å². The molecule has 40 heavy (non-hydrogen) atoms. The maximum Gasteiger partial charge on any atom is 0.408 e. The van der Waals surface area contributed by atoms with Gasteiger partial charge in [-0.2, -0.15) is 21.6 Å². The minimum absolute atomic E-state index is 0.0635. The van der Waals surface area contributed by atoms with Gasteiger partial charge in [0.2, 0.25) is 0 Å². The van der Waals surface area contributed by atoms with Gasteiger partial charge in [-0.05, 0) is 55.2 Å². The molecule has 1 aliphatic rings. The van der Waals surface area contributed by atoms with E-state index in [1.165, 1.54) is 30.3 Å². The molecule has 4 rings (SSSR count). The number of nitrogens with two attached hydrogens (primary N) is 1. The number of carbonyl (C=O) groups is 1. The van der Waals surface area contributed by atoms with Crippen molar-refractivity contribution in [3.05, 3.63) is 59.9 Å². The van der Waals surface area contributed by atoms with Crippen LogP contribution in [0, 0.1) is 11.7 Å². The standard InChI is InChI=1S/C26H27F4N5O4S/c1-15(2)14-39-18-12-16(11-17(27)13-18)20-9-8-19(24(32-20)35-10-4-5-21(35)26(28,29)30)25(36)34-40(37,38)23-7-3-6-22(31)33-23/h3,6-9,11-13,15,21H,4-5,10,14H2,1-2H3,(H2,31,33)(H,34,36)/t21-/m1/s1. The smallest absolute Gasteiger partial charge is 0.408 e. The van der Waals surface area contributed by atoms with Gasteiger partial charge in [-0.1, -0.05) is 19.9 Å². The number of amides is 1. The predicted octanol–water partition coefficient (Wildman–Crippen LogP) is 4.55. The molecule has 0 aliphatic carbocycles. The van der Waals surface area contributed by atoms with Crippen LogP contribution in [-0.4, -0.2) is 49.7 Å². The van der Waals surface area contributed by atoms with Crippen molar-refractivity contribution in [2.45, 2.75) is 43.9 Å². The molecule has 0 spiro atoms. The fraction of sp³-hybridized carbons (Fsp3) is 0.346. The molecule has 1 aromatic carbocycles. The van der Waals surface area contributed by atoms with E-state index in [9.17, 15) is 30.8 Å². The molecule has 0 bridgehead atoms. The number of sulfonamides is 1. The van der Waals surface area contributed by atoms with Crippen LogP contribution in [0.1, 0.15) is 37.0 Å². The summed E-state index contributed by atoms with van der Waals surface area (Å²) in [6, 6.07) is 8.06. The van der Waals surface area contributed by atoms with Crippen molar-refractivity contribution in [1.82, 2.24) is 14.7 Å². The molecular weight excluding hydrogens is 554 g/mol. The van der Waals surface area contributed by atoms with Crippen LogP contribution < -0.4 is 20.1 Å². The van der Waals surface area contributed by atoms with Crippen LogP contribution in [0.25, 0.3) is 11.3 Å². The normalized spacial score (nSPS) is 15.9. The van der Waals surface area contributed by atoms with Gasteiger partial charge in [0.25, 0.3) is 15.9 Å². The average Bonchev–Trinajstić information content (AvgIpc) is 3.37. The number of hydrogen-bond acceptors (Lipinski definition) is 8. The van der Waals surface area contributed by atoms with Gasteiger partial charge in [0.05, 0.1) is 17.9 Å². The second-order valence-electron chi connectivity index (χ2n) is 9.68. The van der Waals surface area contributed by atoms with Crippen LogP contribution in [0.3, 0.4) is 0 Å². The number of anilines is 2. The number of carbonyl (C=O) groups excluding carboxylic acids is 1. The minimum atomic E-state index is -4.64. The maximum atomic E-state index is 14.4. The van der Waals surface area contributed by atoms with Gasteiger partial charge in [0, 0.05) is 18.2 Å². The molecular formula is C26H27F4N5O4S. The van der Waals surface area contributed by atoms with Crippen LogP contribution in [-0.2, 0) is 10.0 Å². The van der Waals surface area contributed by atoms with Gasteiger partial charge in [-0.15, -0.1) is 0 Å². The number of rotatable bonds is 8. The summed E-state index contributed by atoms with van der Waals surface area (Å²) in [4.78, 5) is 22.1. The lowest BCUT2D eigenvalue weighted by Crippen LogP contribution is -2.43. The van der Waals surface area contributed by atoms with Crippen LogP contribution in [0.2, 0.25) is 0 Å². The van der Waals surface area contributed by atoms with Crippen LogP contribution in [0.5, 0.6) is 5.75 Å². The number of nitrogens with zero attached hydrogens (tertiary/aromatic N) is 3. The predicted molar refractivity (Wildman–Crippen MR) is 140 cm³/mol. The fourth-order valence-corrected chi connectivity index (χ4v) is 5.17. The number of hydrogen-bond donors (Lipinski definition) is 2. The molecule has 3 heterocycles. The zero-order chi connectivity index (χ0) is 29.2. The van der Waals surface area contributed by atoms with Crippen molar-refractivity contribution in [1.29, 1.82) is 0 Å². The van der Waals surface area contributed by atoms with Crippen molar-refractivity contribution < 1.29 is 35.5 Å². The largest absolute Gasteiger partial charge is 0.493 e. The van der Waals surface area contributed by atoms with E-state index < -0.39 is 44.6 Å². The molecule has 0 saturated carbocycles. The SMILES string of the molecule is CC(C)COc1cc(F)cc(-c2ccc(C(=O)NS(=O)(=O)c3cccc(N)n3)c(N3CCC[C@@H]3C(F)(F)F)n2)c1. The molecule has 3 N–H and O–H groups in total. The molecule has 1 aliphatic heterocycles. The van der Waals surface area contributed by atoms with E-state index in [1.807, 2.05) is 18.6 Å². The molecule has 2 aromatic heterocycles. The summed E-state index contributed by atoms with van der Waals surface area (Å²) in [6.07, 6.45) is -4.72. The number of halogens is 4. The molecule has 9 nitrogen and oxygen atoms in total. The summed E-state index contributed by atoms with van der Waals surface area (Å²) >= 11 is 0. The van der Waals surface area contributed by atoms with E-state index >= 15 is 0 Å². The summed E-state index contributed by atoms with van der Waals surface area (Å²) in [5.74, 6) is -2.02. The summed E-state index contributed by atoms with van der Waals surface area (Å²) in [5, 5.41) is -0.546. The monoisotopic (exact) mass is 581 g/mol. The van der Waals surface area contributed by atoms with E-state index in [-0.39, 0.29) is 53.9 Å². The van der Waals surface area contributed by atoms with Crippen molar-refractivity contribution in [2.75, 3.05) is 23.8 Å².